The van der Waals surface area contributed by atoms with E-state index in [-0.39, 0.29) is 3.72 Å². The Morgan fingerprint density at radius 3 is 1.62 bits per heavy atom. The molecule has 0 unspecified atom stereocenters. The first kappa shape index (κ1) is 11.2. The normalized spacial score (nSPS) is 19.7. The van der Waals surface area contributed by atoms with Crippen molar-refractivity contribution in [2.45, 2.75) is 10.6 Å². The molecule has 0 aliphatic heterocycles. The average Bonchev–Trinajstić information content (AvgIpc) is 2.57. The second-order valence-corrected chi connectivity index (χ2v) is 8.50. The van der Waals surface area contributed by atoms with Crippen LogP contribution in [0.4, 0.5) is 0 Å². The van der Waals surface area contributed by atoms with E-state index >= 15 is 0 Å². The van der Waals surface area contributed by atoms with Gasteiger partial charge in [0.25, 0.3) is 0 Å². The molecule has 0 saturated carbocycles. The van der Waals surface area contributed by atoms with Crippen LogP contribution in [0.25, 0.3) is 0 Å². The molecule has 4 heteroatoms. The summed E-state index contributed by atoms with van der Waals surface area (Å²) in [6, 6.07) is 0. The number of hydrogen-bond donors (Lipinski definition) is 0. The van der Waals surface area contributed by atoms with Crippen molar-refractivity contribution in [2.24, 2.45) is 0 Å². The fourth-order valence-electron chi connectivity index (χ4n) is 1.68. The molecule has 0 atom stereocenters. The monoisotopic (exact) mass is 220 g/mol. The summed E-state index contributed by atoms with van der Waals surface area (Å²) in [6.07, 6.45) is 8.14. The summed E-state index contributed by atoms with van der Waals surface area (Å²) >= 11 is -3.12. The van der Waals surface area contributed by atoms with Gasteiger partial charge in [-0.25, -0.2) is 0 Å². The van der Waals surface area contributed by atoms with Gasteiger partial charge in [-0.05, 0) is 0 Å². The summed E-state index contributed by atoms with van der Waals surface area (Å²) < 4.78 is 16.2. The molecule has 0 bridgehead atoms. The molecule has 0 heterocycles. The topological polar surface area (TPSA) is 27.7 Å². The summed E-state index contributed by atoms with van der Waals surface area (Å²) in [5.41, 5.74) is 0. The number of hydrogen-bond acceptors (Lipinski definition) is 3. The molecule has 13 heavy (non-hydrogen) atoms. The molecule has 74 valence electrons. The summed E-state index contributed by atoms with van der Waals surface area (Å²) in [4.78, 5) is 0. The summed E-state index contributed by atoms with van der Waals surface area (Å²) in [5.74, 6) is 0. The predicted octanol–water partition coefficient (Wildman–Crippen LogP) is 2.13. The molecule has 1 aliphatic carbocycles. The fourth-order valence-corrected chi connectivity index (χ4v) is 5.46. The molecule has 0 aromatic rings. The van der Waals surface area contributed by atoms with Gasteiger partial charge in [0, 0.05) is 0 Å². The van der Waals surface area contributed by atoms with Gasteiger partial charge >= 0.3 is 84.0 Å². The third-order valence-corrected chi connectivity index (χ3v) is 7.56. The van der Waals surface area contributed by atoms with E-state index in [2.05, 4.69) is 19.1 Å². The van der Waals surface area contributed by atoms with E-state index in [4.69, 9.17) is 9.96 Å². The Bertz CT molecular complexity index is 211. The Kier molecular flexibility index (Phi) is 3.49. The Hall–Kier alpha value is 0.0743. The Morgan fingerprint density at radius 2 is 1.31 bits per heavy atom. The van der Waals surface area contributed by atoms with Crippen molar-refractivity contribution in [3.05, 3.63) is 24.3 Å². The zero-order valence-electron chi connectivity index (χ0n) is 8.53. The Morgan fingerprint density at radius 1 is 0.923 bits per heavy atom. The van der Waals surface area contributed by atoms with Crippen LogP contribution in [0.15, 0.2) is 24.3 Å². The molecule has 0 N–H and O–H groups in total. The van der Waals surface area contributed by atoms with Crippen molar-refractivity contribution in [1.29, 1.82) is 0 Å². The maximum absolute atomic E-state index is 5.46. The first-order valence-corrected chi connectivity index (χ1v) is 6.86. The van der Waals surface area contributed by atoms with Crippen molar-refractivity contribution in [3.8, 4) is 0 Å². The summed E-state index contributed by atoms with van der Waals surface area (Å²) in [6.45, 7) is 2.07. The molecule has 0 radical (unpaired) electrons. The predicted molar refractivity (Wildman–Crippen MR) is 47.7 cm³/mol. The van der Waals surface area contributed by atoms with E-state index in [0.717, 1.165) is 0 Å². The fraction of sp³-hybridized carbons (Fsp3) is 0.556. The second kappa shape index (κ2) is 4.07. The van der Waals surface area contributed by atoms with E-state index < -0.39 is 17.8 Å². The van der Waals surface area contributed by atoms with E-state index in [1.807, 2.05) is 12.2 Å². The van der Waals surface area contributed by atoms with Crippen LogP contribution in [-0.2, 0) is 27.7 Å². The van der Waals surface area contributed by atoms with Gasteiger partial charge in [0.2, 0.25) is 0 Å². The van der Waals surface area contributed by atoms with Gasteiger partial charge in [0.05, 0.1) is 0 Å². The third kappa shape index (κ3) is 1.67. The van der Waals surface area contributed by atoms with Crippen LogP contribution in [0.1, 0.15) is 6.92 Å². The van der Waals surface area contributed by atoms with Crippen LogP contribution in [-0.4, -0.2) is 21.3 Å². The first-order valence-electron chi connectivity index (χ1n) is 4.16. The van der Waals surface area contributed by atoms with E-state index in [1.54, 1.807) is 21.3 Å². The van der Waals surface area contributed by atoms with Crippen LogP contribution >= 0.6 is 0 Å². The van der Waals surface area contributed by atoms with Crippen LogP contribution in [0.3, 0.4) is 0 Å². The van der Waals surface area contributed by atoms with Crippen LogP contribution in [0.5, 0.6) is 0 Å². The van der Waals surface area contributed by atoms with Crippen molar-refractivity contribution in [3.63, 3.8) is 0 Å². The van der Waals surface area contributed by atoms with Crippen molar-refractivity contribution in [2.75, 3.05) is 21.3 Å². The molecule has 3 nitrogen and oxygen atoms in total. The van der Waals surface area contributed by atoms with Gasteiger partial charge in [0.15, 0.2) is 0 Å². The molecule has 1 rings (SSSR count). The zero-order valence-corrected chi connectivity index (χ0v) is 10.1. The molecule has 1 aliphatic rings. The average molecular weight is 220 g/mol. The molecule has 0 aromatic carbocycles. The summed E-state index contributed by atoms with van der Waals surface area (Å²) in [5, 5.41) is 0. The molecule has 0 amide bonds. The standard InChI is InChI=1S/C6H7.3CH3O.Ti/c1-6-4-2-3-5-6;3*1-2;/h2-5H,1H3;3*1H3;/q;3*-1;+3. The second-order valence-electron chi connectivity index (χ2n) is 3.17. The Labute approximate surface area is 84.2 Å². The van der Waals surface area contributed by atoms with Gasteiger partial charge in [-0.3, -0.25) is 0 Å². The van der Waals surface area contributed by atoms with Crippen LogP contribution in [0.2, 0.25) is 3.72 Å². The summed E-state index contributed by atoms with van der Waals surface area (Å²) in [7, 11) is 4.95. The van der Waals surface area contributed by atoms with E-state index in [1.165, 1.54) is 0 Å². The van der Waals surface area contributed by atoms with Gasteiger partial charge in [0.1, 0.15) is 0 Å². The maximum atomic E-state index is 5.46. The van der Waals surface area contributed by atoms with Crippen molar-refractivity contribution in [1.82, 2.24) is 0 Å². The van der Waals surface area contributed by atoms with Crippen LogP contribution < -0.4 is 0 Å². The molecule has 0 aromatic heterocycles. The minimum absolute atomic E-state index is 0.182. The molecular formula is C9H16O3Ti. The Balaban J connectivity index is 2.99. The van der Waals surface area contributed by atoms with Crippen molar-refractivity contribution >= 4 is 0 Å². The van der Waals surface area contributed by atoms with Gasteiger partial charge in [-0.1, -0.05) is 0 Å². The molecular weight excluding hydrogens is 204 g/mol. The SMILES string of the molecule is C[O][Ti]([O]C)([O]C)[C]1(C)C=CC=C1. The molecule has 0 saturated heterocycles. The van der Waals surface area contributed by atoms with Crippen LogP contribution in [0, 0.1) is 0 Å². The van der Waals surface area contributed by atoms with E-state index in [0.29, 0.717) is 0 Å². The molecule has 0 spiro atoms. The number of rotatable bonds is 4. The number of allylic oxidation sites excluding steroid dienone is 4. The minimum atomic E-state index is -3.12. The zero-order chi connectivity index (χ0) is 9.95. The molecule has 0 fully saturated rings. The third-order valence-electron chi connectivity index (χ3n) is 2.46. The quantitative estimate of drug-likeness (QED) is 0.679. The van der Waals surface area contributed by atoms with Gasteiger partial charge in [-0.2, -0.15) is 0 Å². The first-order chi connectivity index (χ1) is 6.14. The van der Waals surface area contributed by atoms with Gasteiger partial charge < -0.3 is 0 Å². The van der Waals surface area contributed by atoms with Crippen molar-refractivity contribution < 1.29 is 27.7 Å². The van der Waals surface area contributed by atoms with Gasteiger partial charge in [-0.15, -0.1) is 0 Å². The van der Waals surface area contributed by atoms with E-state index in [9.17, 15) is 0 Å².